The SMILES string of the molecule is COc1ccc(-n2cc(-c3ccccc3Sc3ccc(CO)cc3)nn2)c(OC)c1. The second-order valence-corrected chi connectivity index (χ2v) is 7.60. The van der Waals surface area contributed by atoms with Crippen LogP contribution in [-0.2, 0) is 6.61 Å². The highest BCUT2D eigenvalue weighted by Crippen LogP contribution is 2.36. The molecule has 3 aromatic carbocycles. The summed E-state index contributed by atoms with van der Waals surface area (Å²) in [5.74, 6) is 1.36. The molecule has 0 saturated heterocycles. The van der Waals surface area contributed by atoms with Crippen LogP contribution in [0.15, 0.2) is 82.7 Å². The van der Waals surface area contributed by atoms with Crippen LogP contribution in [-0.4, -0.2) is 34.3 Å². The molecule has 0 aliphatic carbocycles. The number of aliphatic hydroxyl groups excluding tert-OH is 1. The molecule has 4 rings (SSSR count). The summed E-state index contributed by atoms with van der Waals surface area (Å²) < 4.78 is 12.5. The maximum Gasteiger partial charge on any atom is 0.148 e. The van der Waals surface area contributed by atoms with Crippen LogP contribution >= 0.6 is 11.8 Å². The topological polar surface area (TPSA) is 69.4 Å². The average molecular weight is 420 g/mol. The Bertz CT molecular complexity index is 1140. The zero-order chi connectivity index (χ0) is 20.9. The summed E-state index contributed by atoms with van der Waals surface area (Å²) in [6.45, 7) is 0.0411. The summed E-state index contributed by atoms with van der Waals surface area (Å²) in [5, 5.41) is 17.9. The van der Waals surface area contributed by atoms with Gasteiger partial charge in [0.2, 0.25) is 0 Å². The molecule has 0 radical (unpaired) electrons. The predicted octanol–water partition coefficient (Wildman–Crippen LogP) is 4.60. The fourth-order valence-electron chi connectivity index (χ4n) is 3.04. The second-order valence-electron chi connectivity index (χ2n) is 6.49. The molecule has 0 aliphatic heterocycles. The monoisotopic (exact) mass is 419 g/mol. The van der Waals surface area contributed by atoms with Gasteiger partial charge < -0.3 is 14.6 Å². The van der Waals surface area contributed by atoms with Crippen molar-refractivity contribution in [2.24, 2.45) is 0 Å². The van der Waals surface area contributed by atoms with E-state index >= 15 is 0 Å². The minimum Gasteiger partial charge on any atom is -0.497 e. The highest BCUT2D eigenvalue weighted by molar-refractivity contribution is 7.99. The molecule has 1 aromatic heterocycles. The fraction of sp³-hybridized carbons (Fsp3) is 0.130. The first kappa shape index (κ1) is 20.0. The lowest BCUT2D eigenvalue weighted by molar-refractivity contribution is 0.282. The van der Waals surface area contributed by atoms with Gasteiger partial charge in [-0.05, 0) is 35.9 Å². The lowest BCUT2D eigenvalue weighted by atomic mass is 10.2. The van der Waals surface area contributed by atoms with Crippen molar-refractivity contribution >= 4 is 11.8 Å². The third kappa shape index (κ3) is 4.17. The normalized spacial score (nSPS) is 10.8. The Morgan fingerprint density at radius 2 is 1.77 bits per heavy atom. The molecule has 0 amide bonds. The van der Waals surface area contributed by atoms with Gasteiger partial charge >= 0.3 is 0 Å². The number of nitrogens with zero attached hydrogens (tertiary/aromatic N) is 3. The van der Waals surface area contributed by atoms with E-state index in [-0.39, 0.29) is 6.61 Å². The Morgan fingerprint density at radius 3 is 2.50 bits per heavy atom. The largest absolute Gasteiger partial charge is 0.497 e. The number of ether oxygens (including phenoxy) is 2. The van der Waals surface area contributed by atoms with Crippen molar-refractivity contribution in [3.05, 3.63) is 78.5 Å². The van der Waals surface area contributed by atoms with Crippen molar-refractivity contribution in [3.8, 4) is 28.4 Å². The summed E-state index contributed by atoms with van der Waals surface area (Å²) in [7, 11) is 3.23. The molecule has 1 N–H and O–H groups in total. The number of methoxy groups -OCH3 is 2. The van der Waals surface area contributed by atoms with Crippen molar-refractivity contribution < 1.29 is 14.6 Å². The Labute approximate surface area is 179 Å². The maximum absolute atomic E-state index is 9.23. The summed E-state index contributed by atoms with van der Waals surface area (Å²) in [6, 6.07) is 21.5. The predicted molar refractivity (Wildman–Crippen MR) is 116 cm³/mol. The summed E-state index contributed by atoms with van der Waals surface area (Å²) in [6.07, 6.45) is 1.89. The van der Waals surface area contributed by atoms with E-state index in [1.807, 2.05) is 66.9 Å². The van der Waals surface area contributed by atoms with Crippen LogP contribution in [0.5, 0.6) is 11.5 Å². The molecule has 0 spiro atoms. The Morgan fingerprint density at radius 1 is 0.967 bits per heavy atom. The zero-order valence-electron chi connectivity index (χ0n) is 16.6. The van der Waals surface area contributed by atoms with Crippen molar-refractivity contribution in [1.82, 2.24) is 15.0 Å². The van der Waals surface area contributed by atoms with E-state index in [1.54, 1.807) is 30.7 Å². The molecule has 7 heteroatoms. The zero-order valence-corrected chi connectivity index (χ0v) is 17.5. The fourth-order valence-corrected chi connectivity index (χ4v) is 3.99. The van der Waals surface area contributed by atoms with Gasteiger partial charge in [-0.2, -0.15) is 0 Å². The molecular weight excluding hydrogens is 398 g/mol. The number of rotatable bonds is 7. The van der Waals surface area contributed by atoms with Crippen LogP contribution < -0.4 is 9.47 Å². The number of aliphatic hydroxyl groups is 1. The van der Waals surface area contributed by atoms with Gasteiger partial charge in [-0.25, -0.2) is 4.68 Å². The van der Waals surface area contributed by atoms with Crippen LogP contribution in [0.4, 0.5) is 0 Å². The van der Waals surface area contributed by atoms with E-state index in [1.165, 1.54) is 0 Å². The van der Waals surface area contributed by atoms with Gasteiger partial charge in [-0.15, -0.1) is 5.10 Å². The summed E-state index contributed by atoms with van der Waals surface area (Å²) >= 11 is 1.65. The average Bonchev–Trinajstić information content (AvgIpc) is 3.29. The molecule has 4 aromatic rings. The first-order chi connectivity index (χ1) is 14.7. The molecular formula is C23H21N3O3S. The third-order valence-corrected chi connectivity index (χ3v) is 5.71. The molecule has 0 fully saturated rings. The highest BCUT2D eigenvalue weighted by Gasteiger charge is 2.14. The number of hydrogen-bond acceptors (Lipinski definition) is 6. The molecule has 0 bridgehead atoms. The minimum absolute atomic E-state index is 0.0411. The van der Waals surface area contributed by atoms with Crippen LogP contribution in [0.1, 0.15) is 5.56 Å². The Kier molecular flexibility index (Phi) is 6.02. The first-order valence-electron chi connectivity index (χ1n) is 9.33. The minimum atomic E-state index is 0.0411. The molecule has 30 heavy (non-hydrogen) atoms. The van der Waals surface area contributed by atoms with E-state index in [4.69, 9.17) is 9.47 Å². The van der Waals surface area contributed by atoms with Crippen molar-refractivity contribution in [2.45, 2.75) is 16.4 Å². The Balaban J connectivity index is 1.65. The smallest absolute Gasteiger partial charge is 0.148 e. The maximum atomic E-state index is 9.23. The highest BCUT2D eigenvalue weighted by atomic mass is 32.2. The van der Waals surface area contributed by atoms with Gasteiger partial charge in [0, 0.05) is 21.4 Å². The van der Waals surface area contributed by atoms with Crippen LogP contribution in [0.2, 0.25) is 0 Å². The van der Waals surface area contributed by atoms with Gasteiger partial charge in [0.1, 0.15) is 22.9 Å². The van der Waals surface area contributed by atoms with Gasteiger partial charge in [0.25, 0.3) is 0 Å². The standard InChI is InChI=1S/C23H21N3O3S/c1-28-17-9-12-21(22(13-17)29-2)26-14-20(24-25-26)19-5-3-4-6-23(19)30-18-10-7-16(15-27)8-11-18/h3-14,27H,15H2,1-2H3. The van der Waals surface area contributed by atoms with Crippen LogP contribution in [0.3, 0.4) is 0 Å². The van der Waals surface area contributed by atoms with Crippen molar-refractivity contribution in [1.29, 1.82) is 0 Å². The lowest BCUT2D eigenvalue weighted by Crippen LogP contribution is -1.99. The van der Waals surface area contributed by atoms with E-state index < -0.39 is 0 Å². The van der Waals surface area contributed by atoms with Crippen molar-refractivity contribution in [3.63, 3.8) is 0 Å². The van der Waals surface area contributed by atoms with Gasteiger partial charge in [0.15, 0.2) is 0 Å². The van der Waals surface area contributed by atoms with E-state index in [2.05, 4.69) is 16.4 Å². The molecule has 152 valence electrons. The number of hydrogen-bond donors (Lipinski definition) is 1. The molecule has 6 nitrogen and oxygen atoms in total. The van der Waals surface area contributed by atoms with Crippen molar-refractivity contribution in [2.75, 3.05) is 14.2 Å². The van der Waals surface area contributed by atoms with E-state index in [0.717, 1.165) is 32.3 Å². The summed E-state index contributed by atoms with van der Waals surface area (Å²) in [4.78, 5) is 2.16. The van der Waals surface area contributed by atoms with Gasteiger partial charge in [0.05, 0.1) is 27.0 Å². The molecule has 0 aliphatic rings. The van der Waals surface area contributed by atoms with Crippen LogP contribution in [0.25, 0.3) is 16.9 Å². The third-order valence-electron chi connectivity index (χ3n) is 4.62. The van der Waals surface area contributed by atoms with Gasteiger partial charge in [-0.3, -0.25) is 0 Å². The molecule has 1 heterocycles. The number of benzene rings is 3. The van der Waals surface area contributed by atoms with Crippen LogP contribution in [0, 0.1) is 0 Å². The van der Waals surface area contributed by atoms with Gasteiger partial charge in [-0.1, -0.05) is 47.3 Å². The Hall–Kier alpha value is -3.29. The lowest BCUT2D eigenvalue weighted by Gasteiger charge is -2.09. The molecule has 0 saturated carbocycles. The molecule has 0 atom stereocenters. The van der Waals surface area contributed by atoms with E-state index in [0.29, 0.717) is 11.5 Å². The number of aromatic nitrogens is 3. The van der Waals surface area contributed by atoms with E-state index in [9.17, 15) is 5.11 Å². The molecule has 0 unspecified atom stereocenters. The first-order valence-corrected chi connectivity index (χ1v) is 10.2. The summed E-state index contributed by atoms with van der Waals surface area (Å²) in [5.41, 5.74) is 3.43. The second kappa shape index (κ2) is 9.02. The quantitative estimate of drug-likeness (QED) is 0.472.